The molecule has 1 amide bonds. The number of nitrogens with one attached hydrogen (secondary N) is 2. The first kappa shape index (κ1) is 19.7. The Morgan fingerprint density at radius 1 is 1.36 bits per heavy atom. The number of carbonyl (C=O) groups is 1. The van der Waals surface area contributed by atoms with Crippen LogP contribution in [0.1, 0.15) is 31.7 Å². The number of hydrogen-bond donors (Lipinski definition) is 2. The van der Waals surface area contributed by atoms with Gasteiger partial charge in [0, 0.05) is 5.69 Å². The minimum atomic E-state index is -0.317. The van der Waals surface area contributed by atoms with Crippen LogP contribution in [0.3, 0.4) is 0 Å². The second-order valence-electron chi connectivity index (χ2n) is 6.47. The van der Waals surface area contributed by atoms with Gasteiger partial charge in [-0.3, -0.25) is 4.79 Å². The van der Waals surface area contributed by atoms with Gasteiger partial charge in [-0.2, -0.15) is 5.26 Å². The van der Waals surface area contributed by atoms with Crippen LogP contribution in [0.25, 0.3) is 10.8 Å². The lowest BCUT2D eigenvalue weighted by Gasteiger charge is -2.23. The number of thiophene rings is 1. The highest BCUT2D eigenvalue weighted by atomic mass is 32.1. The molecule has 0 fully saturated rings. The van der Waals surface area contributed by atoms with Gasteiger partial charge in [0.05, 0.1) is 23.1 Å². The summed E-state index contributed by atoms with van der Waals surface area (Å²) < 4.78 is 5.78. The molecular weight excluding hydrogens is 374 g/mol. The molecule has 0 saturated heterocycles. The summed E-state index contributed by atoms with van der Waals surface area (Å²) in [6.45, 7) is 5.22. The molecule has 0 aliphatic carbocycles. The second kappa shape index (κ2) is 9.26. The molecule has 2 N–H and O–H groups in total. The predicted molar refractivity (Wildman–Crippen MR) is 107 cm³/mol. The lowest BCUT2D eigenvalue weighted by Crippen LogP contribution is -3.15. The third kappa shape index (κ3) is 4.82. The van der Waals surface area contributed by atoms with E-state index in [2.05, 4.69) is 28.5 Å². The van der Waals surface area contributed by atoms with Crippen LogP contribution >= 0.6 is 11.3 Å². The topological polar surface area (TPSA) is 96.2 Å². The summed E-state index contributed by atoms with van der Waals surface area (Å²) in [6, 6.07) is 12.5. The highest BCUT2D eigenvalue weighted by Crippen LogP contribution is 2.22. The molecular formula is C20H22N5O2S+. The van der Waals surface area contributed by atoms with Crippen molar-refractivity contribution in [2.24, 2.45) is 0 Å². The maximum absolute atomic E-state index is 12.7. The Labute approximate surface area is 167 Å². The standard InChI is InChI=1S/C20H21N5O2S/c1-3-9-25(13-18-23-24-20(27-18)17-8-5-10-28-17)14(2)19(26)22-16-7-4-6-15(11-16)12-21/h4-8,10-11,14H,3,9,13H2,1-2H3,(H,22,26)/p+1/t14-/m1/s1. The number of amides is 1. The van der Waals surface area contributed by atoms with Gasteiger partial charge in [-0.1, -0.05) is 19.1 Å². The zero-order chi connectivity index (χ0) is 19.9. The van der Waals surface area contributed by atoms with Crippen LogP contribution in [0.2, 0.25) is 0 Å². The van der Waals surface area contributed by atoms with Crippen molar-refractivity contribution in [1.82, 2.24) is 10.2 Å². The number of rotatable bonds is 8. The number of nitrogens with zero attached hydrogens (tertiary/aromatic N) is 3. The van der Waals surface area contributed by atoms with E-state index in [0.717, 1.165) is 22.7 Å². The number of carbonyl (C=O) groups excluding carboxylic acids is 1. The molecule has 0 bridgehead atoms. The fourth-order valence-corrected chi connectivity index (χ4v) is 3.54. The van der Waals surface area contributed by atoms with E-state index in [0.29, 0.717) is 29.6 Å². The summed E-state index contributed by atoms with van der Waals surface area (Å²) in [5.74, 6) is 0.904. The van der Waals surface area contributed by atoms with Crippen LogP contribution in [0, 0.1) is 11.3 Å². The van der Waals surface area contributed by atoms with E-state index in [1.165, 1.54) is 0 Å². The van der Waals surface area contributed by atoms with Gasteiger partial charge in [0.1, 0.15) is 0 Å². The van der Waals surface area contributed by atoms with Crippen LogP contribution in [0.4, 0.5) is 5.69 Å². The van der Waals surface area contributed by atoms with Crippen molar-refractivity contribution in [1.29, 1.82) is 5.26 Å². The molecule has 0 radical (unpaired) electrons. The molecule has 0 aliphatic rings. The molecule has 2 heterocycles. The van der Waals surface area contributed by atoms with Gasteiger partial charge in [0.25, 0.3) is 17.7 Å². The van der Waals surface area contributed by atoms with E-state index in [9.17, 15) is 4.79 Å². The van der Waals surface area contributed by atoms with Crippen molar-refractivity contribution in [2.75, 3.05) is 11.9 Å². The largest absolute Gasteiger partial charge is 0.414 e. The third-order valence-electron chi connectivity index (χ3n) is 4.41. The van der Waals surface area contributed by atoms with Crippen LogP contribution in [-0.4, -0.2) is 28.7 Å². The molecule has 2 aromatic heterocycles. The summed E-state index contributed by atoms with van der Waals surface area (Å²) >= 11 is 1.54. The SMILES string of the molecule is CCC[NH+](Cc1nnc(-c2cccs2)o1)[C@H](C)C(=O)Nc1cccc(C#N)c1. The average molecular weight is 396 g/mol. The Balaban J connectivity index is 1.68. The van der Waals surface area contributed by atoms with Gasteiger partial charge in [-0.15, -0.1) is 21.5 Å². The summed E-state index contributed by atoms with van der Waals surface area (Å²) in [4.78, 5) is 14.7. The van der Waals surface area contributed by atoms with Gasteiger partial charge >= 0.3 is 0 Å². The van der Waals surface area contributed by atoms with Gasteiger partial charge in [-0.25, -0.2) is 0 Å². The molecule has 8 heteroatoms. The van der Waals surface area contributed by atoms with Crippen molar-refractivity contribution >= 4 is 22.9 Å². The number of hydrogen-bond acceptors (Lipinski definition) is 6. The molecule has 7 nitrogen and oxygen atoms in total. The lowest BCUT2D eigenvalue weighted by molar-refractivity contribution is -0.928. The van der Waals surface area contributed by atoms with Gasteiger partial charge in [0.15, 0.2) is 12.6 Å². The molecule has 144 valence electrons. The Morgan fingerprint density at radius 2 is 2.21 bits per heavy atom. The zero-order valence-corrected chi connectivity index (χ0v) is 16.6. The molecule has 1 aromatic carbocycles. The molecule has 3 rings (SSSR count). The highest BCUT2D eigenvalue weighted by molar-refractivity contribution is 7.13. The molecule has 0 saturated carbocycles. The quantitative estimate of drug-likeness (QED) is 0.610. The minimum Gasteiger partial charge on any atom is -0.414 e. The molecule has 1 unspecified atom stereocenters. The van der Waals surface area contributed by atoms with E-state index < -0.39 is 0 Å². The van der Waals surface area contributed by atoms with Crippen LogP contribution in [0.15, 0.2) is 46.2 Å². The normalized spacial score (nSPS) is 12.9. The van der Waals surface area contributed by atoms with Gasteiger partial charge in [0.2, 0.25) is 0 Å². The zero-order valence-electron chi connectivity index (χ0n) is 15.8. The summed E-state index contributed by atoms with van der Waals surface area (Å²) in [5, 5.41) is 22.1. The van der Waals surface area contributed by atoms with Gasteiger partial charge < -0.3 is 14.6 Å². The monoisotopic (exact) mass is 396 g/mol. The lowest BCUT2D eigenvalue weighted by atomic mass is 10.2. The maximum Gasteiger partial charge on any atom is 0.282 e. The van der Waals surface area contributed by atoms with Crippen molar-refractivity contribution in [3.63, 3.8) is 0 Å². The van der Waals surface area contributed by atoms with Crippen molar-refractivity contribution in [2.45, 2.75) is 32.9 Å². The first-order chi connectivity index (χ1) is 13.6. The average Bonchev–Trinajstić information content (AvgIpc) is 3.39. The fraction of sp³-hybridized carbons (Fsp3) is 0.300. The third-order valence-corrected chi connectivity index (χ3v) is 5.27. The number of anilines is 1. The first-order valence-electron chi connectivity index (χ1n) is 9.12. The molecule has 0 spiro atoms. The van der Waals surface area contributed by atoms with E-state index in [1.54, 1.807) is 35.6 Å². The molecule has 28 heavy (non-hydrogen) atoms. The van der Waals surface area contributed by atoms with Crippen LogP contribution in [-0.2, 0) is 11.3 Å². The smallest absolute Gasteiger partial charge is 0.282 e. The first-order valence-corrected chi connectivity index (χ1v) is 10.0. The minimum absolute atomic E-state index is 0.114. The number of aromatic nitrogens is 2. The Kier molecular flexibility index (Phi) is 6.53. The van der Waals surface area contributed by atoms with E-state index in [4.69, 9.17) is 9.68 Å². The fourth-order valence-electron chi connectivity index (χ4n) is 2.90. The Bertz CT molecular complexity index is 961. The van der Waals surface area contributed by atoms with Crippen molar-refractivity contribution in [3.8, 4) is 16.8 Å². The second-order valence-corrected chi connectivity index (χ2v) is 7.41. The summed E-state index contributed by atoms with van der Waals surface area (Å²) in [6.07, 6.45) is 0.919. The van der Waals surface area contributed by atoms with E-state index in [1.807, 2.05) is 24.4 Å². The predicted octanol–water partition coefficient (Wildman–Crippen LogP) is 2.49. The molecule has 2 atom stereocenters. The number of benzene rings is 1. The van der Waals surface area contributed by atoms with Crippen LogP contribution < -0.4 is 10.2 Å². The Hall–Kier alpha value is -3.02. The number of nitriles is 1. The summed E-state index contributed by atoms with van der Waals surface area (Å²) in [7, 11) is 0. The van der Waals surface area contributed by atoms with E-state index >= 15 is 0 Å². The summed E-state index contributed by atoms with van der Waals surface area (Å²) in [5.41, 5.74) is 1.12. The maximum atomic E-state index is 12.7. The van der Waals surface area contributed by atoms with E-state index in [-0.39, 0.29) is 11.9 Å². The van der Waals surface area contributed by atoms with Crippen molar-refractivity contribution < 1.29 is 14.1 Å². The highest BCUT2D eigenvalue weighted by Gasteiger charge is 2.27. The Morgan fingerprint density at radius 3 is 2.93 bits per heavy atom. The van der Waals surface area contributed by atoms with Crippen LogP contribution in [0.5, 0.6) is 0 Å². The van der Waals surface area contributed by atoms with Crippen molar-refractivity contribution in [3.05, 3.63) is 53.2 Å². The molecule has 3 aromatic rings. The number of quaternary nitrogens is 1. The molecule has 0 aliphatic heterocycles. The van der Waals surface area contributed by atoms with Gasteiger partial charge in [-0.05, 0) is 43.0 Å².